The third-order valence-corrected chi connectivity index (χ3v) is 5.63. The maximum Gasteiger partial charge on any atom is 0.266 e. The van der Waals surface area contributed by atoms with E-state index < -0.39 is 5.41 Å². The molecule has 1 aliphatic heterocycles. The lowest BCUT2D eigenvalue weighted by Gasteiger charge is -2.31. The molecule has 0 radical (unpaired) electrons. The van der Waals surface area contributed by atoms with Crippen LogP contribution in [-0.4, -0.2) is 9.13 Å². The lowest BCUT2D eigenvalue weighted by atomic mass is 9.83. The molecule has 0 saturated heterocycles. The summed E-state index contributed by atoms with van der Waals surface area (Å²) in [5.41, 5.74) is 3.84. The Labute approximate surface area is 175 Å². The number of allylic oxidation sites excluding steroid dienone is 2. The van der Waals surface area contributed by atoms with Crippen molar-refractivity contribution < 1.29 is 4.74 Å². The summed E-state index contributed by atoms with van der Waals surface area (Å²) in [7, 11) is 0. The molecular formula is C24H24N2O2S. The first-order chi connectivity index (χ1) is 13.7. The molecule has 0 N–H and O–H groups in total. The van der Waals surface area contributed by atoms with Crippen LogP contribution in [0.2, 0.25) is 0 Å². The second-order valence-electron chi connectivity index (χ2n) is 8.19. The second-order valence-corrected chi connectivity index (χ2v) is 8.55. The van der Waals surface area contributed by atoms with Crippen molar-refractivity contribution in [1.82, 2.24) is 9.13 Å². The fraction of sp³-hybridized carbons (Fsp3) is 0.250. The van der Waals surface area contributed by atoms with Gasteiger partial charge in [0.2, 0.25) is 5.88 Å². The zero-order valence-corrected chi connectivity index (χ0v) is 18.1. The van der Waals surface area contributed by atoms with E-state index in [4.69, 9.17) is 17.0 Å². The van der Waals surface area contributed by atoms with Gasteiger partial charge >= 0.3 is 0 Å². The number of rotatable bonds is 2. The summed E-state index contributed by atoms with van der Waals surface area (Å²) in [6.45, 7) is 10.0. The van der Waals surface area contributed by atoms with E-state index in [-0.39, 0.29) is 5.56 Å². The van der Waals surface area contributed by atoms with Crippen LogP contribution >= 0.6 is 12.2 Å². The second kappa shape index (κ2) is 6.85. The molecule has 0 aliphatic carbocycles. The molecule has 0 fully saturated rings. The Kier molecular flexibility index (Phi) is 4.58. The molecular weight excluding hydrogens is 380 g/mol. The molecule has 148 valence electrons. The molecule has 5 heteroatoms. The highest BCUT2D eigenvalue weighted by atomic mass is 32.1. The Hall–Kier alpha value is -2.92. The van der Waals surface area contributed by atoms with E-state index in [1.165, 1.54) is 0 Å². The molecule has 0 atom stereocenters. The third kappa shape index (κ3) is 3.25. The van der Waals surface area contributed by atoms with Crippen molar-refractivity contribution in [2.24, 2.45) is 0 Å². The predicted molar refractivity (Wildman–Crippen MR) is 119 cm³/mol. The average Bonchev–Trinajstić information content (AvgIpc) is 2.63. The molecule has 2 aromatic carbocycles. The molecule has 1 aromatic heterocycles. The highest BCUT2D eigenvalue weighted by molar-refractivity contribution is 7.71. The van der Waals surface area contributed by atoms with Crippen LogP contribution in [0.1, 0.15) is 37.5 Å². The van der Waals surface area contributed by atoms with Gasteiger partial charge in [0.25, 0.3) is 5.56 Å². The van der Waals surface area contributed by atoms with Gasteiger partial charge in [0, 0.05) is 5.41 Å². The van der Waals surface area contributed by atoms with Crippen molar-refractivity contribution in [1.29, 1.82) is 0 Å². The zero-order valence-electron chi connectivity index (χ0n) is 17.3. The first-order valence-corrected chi connectivity index (χ1v) is 10.0. The zero-order chi connectivity index (χ0) is 20.9. The van der Waals surface area contributed by atoms with Crippen LogP contribution in [0.25, 0.3) is 11.4 Å². The van der Waals surface area contributed by atoms with Crippen LogP contribution in [0.4, 0.5) is 0 Å². The summed E-state index contributed by atoms with van der Waals surface area (Å²) in [5, 5.41) is 0. The van der Waals surface area contributed by atoms with Crippen LogP contribution in [0.5, 0.6) is 5.88 Å². The minimum atomic E-state index is -0.489. The molecule has 2 heterocycles. The van der Waals surface area contributed by atoms with Crippen molar-refractivity contribution in [2.75, 3.05) is 0 Å². The first kappa shape index (κ1) is 19.4. The van der Waals surface area contributed by atoms with Gasteiger partial charge in [0.1, 0.15) is 0 Å². The van der Waals surface area contributed by atoms with Crippen LogP contribution in [0.3, 0.4) is 0 Å². The van der Waals surface area contributed by atoms with Gasteiger partial charge in [0.15, 0.2) is 4.77 Å². The standard InChI is InChI=1S/C24H24N2O2S/c1-15-6-10-18(11-7-15)25-21(27)20-22(28-17(3)14-24(20,4)5)26(23(25)29)19-12-8-16(2)9-13-19/h6-14H,1-5H3. The summed E-state index contributed by atoms with van der Waals surface area (Å²) < 4.78 is 9.95. The lowest BCUT2D eigenvalue weighted by Crippen LogP contribution is -2.37. The molecule has 4 nitrogen and oxygen atoms in total. The third-order valence-electron chi connectivity index (χ3n) is 5.27. The molecule has 3 aromatic rings. The predicted octanol–water partition coefficient (Wildman–Crippen LogP) is 5.55. The molecule has 0 spiro atoms. The Bertz CT molecular complexity index is 1240. The Balaban J connectivity index is 2.15. The molecule has 4 rings (SSSR count). The first-order valence-electron chi connectivity index (χ1n) is 9.63. The minimum absolute atomic E-state index is 0.147. The summed E-state index contributed by atoms with van der Waals surface area (Å²) in [6, 6.07) is 15.9. The molecule has 29 heavy (non-hydrogen) atoms. The van der Waals surface area contributed by atoms with Crippen molar-refractivity contribution in [3.05, 3.63) is 92.2 Å². The number of benzene rings is 2. The minimum Gasteiger partial charge on any atom is -0.445 e. The van der Waals surface area contributed by atoms with E-state index in [1.807, 2.05) is 93.8 Å². The van der Waals surface area contributed by atoms with E-state index in [2.05, 4.69) is 0 Å². The maximum atomic E-state index is 13.7. The van der Waals surface area contributed by atoms with Gasteiger partial charge in [-0.1, -0.05) is 49.2 Å². The summed E-state index contributed by atoms with van der Waals surface area (Å²) in [5.74, 6) is 1.25. The van der Waals surface area contributed by atoms with E-state index in [9.17, 15) is 4.79 Å². The van der Waals surface area contributed by atoms with Gasteiger partial charge in [-0.25, -0.2) is 0 Å². The summed E-state index contributed by atoms with van der Waals surface area (Å²) >= 11 is 5.83. The number of aryl methyl sites for hydroxylation is 2. The average molecular weight is 405 g/mol. The topological polar surface area (TPSA) is 36.2 Å². The van der Waals surface area contributed by atoms with Gasteiger partial charge in [-0.3, -0.25) is 13.9 Å². The lowest BCUT2D eigenvalue weighted by molar-refractivity contribution is 0.351. The van der Waals surface area contributed by atoms with Gasteiger partial charge < -0.3 is 4.74 Å². The van der Waals surface area contributed by atoms with E-state index in [1.54, 1.807) is 4.57 Å². The number of hydrogen-bond acceptors (Lipinski definition) is 3. The number of hydrogen-bond donors (Lipinski definition) is 0. The fourth-order valence-corrected chi connectivity index (χ4v) is 4.22. The Morgan fingerprint density at radius 2 is 1.31 bits per heavy atom. The van der Waals surface area contributed by atoms with Crippen LogP contribution < -0.4 is 10.3 Å². The van der Waals surface area contributed by atoms with Crippen molar-refractivity contribution in [2.45, 2.75) is 40.0 Å². The largest absolute Gasteiger partial charge is 0.445 e. The smallest absolute Gasteiger partial charge is 0.266 e. The highest BCUT2D eigenvalue weighted by Crippen LogP contribution is 2.38. The SMILES string of the molecule is CC1=CC(C)(C)c2c(n(-c3ccc(C)cc3)c(=S)n(-c3ccc(C)cc3)c2=O)O1. The van der Waals surface area contributed by atoms with Crippen LogP contribution in [0.15, 0.2) is 65.2 Å². The monoisotopic (exact) mass is 404 g/mol. The molecule has 0 unspecified atom stereocenters. The molecule has 0 bridgehead atoms. The Morgan fingerprint density at radius 3 is 1.83 bits per heavy atom. The van der Waals surface area contributed by atoms with Crippen LogP contribution in [0, 0.1) is 18.6 Å². The van der Waals surface area contributed by atoms with E-state index in [0.717, 1.165) is 28.3 Å². The number of ether oxygens (including phenoxy) is 1. The fourth-order valence-electron chi connectivity index (χ4n) is 3.84. The Morgan fingerprint density at radius 1 is 0.828 bits per heavy atom. The molecule has 0 saturated carbocycles. The molecule has 0 amide bonds. The number of aromatic nitrogens is 2. The van der Waals surface area contributed by atoms with Gasteiger partial charge in [-0.15, -0.1) is 0 Å². The number of fused-ring (bicyclic) bond motifs is 1. The summed E-state index contributed by atoms with van der Waals surface area (Å²) in [4.78, 5) is 13.7. The van der Waals surface area contributed by atoms with Gasteiger partial charge in [-0.05, 0) is 63.3 Å². The van der Waals surface area contributed by atoms with Crippen molar-refractivity contribution >= 4 is 12.2 Å². The quantitative estimate of drug-likeness (QED) is 0.526. The van der Waals surface area contributed by atoms with Crippen molar-refractivity contribution in [3.63, 3.8) is 0 Å². The number of nitrogens with zero attached hydrogens (tertiary/aromatic N) is 2. The normalized spacial score (nSPS) is 14.7. The maximum absolute atomic E-state index is 13.7. The van der Waals surface area contributed by atoms with Crippen molar-refractivity contribution in [3.8, 4) is 17.3 Å². The highest BCUT2D eigenvalue weighted by Gasteiger charge is 2.35. The van der Waals surface area contributed by atoms with E-state index in [0.29, 0.717) is 16.2 Å². The van der Waals surface area contributed by atoms with Gasteiger partial charge in [0.05, 0.1) is 22.7 Å². The summed E-state index contributed by atoms with van der Waals surface area (Å²) in [6.07, 6.45) is 1.98. The van der Waals surface area contributed by atoms with Gasteiger partial charge in [-0.2, -0.15) is 0 Å². The van der Waals surface area contributed by atoms with E-state index >= 15 is 0 Å². The molecule has 1 aliphatic rings. The van der Waals surface area contributed by atoms with Crippen LogP contribution in [-0.2, 0) is 5.41 Å².